The van der Waals surface area contributed by atoms with Gasteiger partial charge >= 0.3 is 0 Å². The zero-order valence-corrected chi connectivity index (χ0v) is 15.2. The van der Waals surface area contributed by atoms with Gasteiger partial charge in [-0.15, -0.1) is 0 Å². The molecule has 3 aromatic carbocycles. The van der Waals surface area contributed by atoms with E-state index in [0.29, 0.717) is 11.4 Å². The van der Waals surface area contributed by atoms with Crippen molar-refractivity contribution in [3.8, 4) is 0 Å². The van der Waals surface area contributed by atoms with Gasteiger partial charge in [-0.3, -0.25) is 9.59 Å². The minimum atomic E-state index is -2.44. The van der Waals surface area contributed by atoms with Crippen LogP contribution in [-0.2, 0) is 11.1 Å². The lowest BCUT2D eigenvalue weighted by Crippen LogP contribution is -2.24. The summed E-state index contributed by atoms with van der Waals surface area (Å²) in [7, 11) is 0. The normalized spacial score (nSPS) is 13.6. The Balaban J connectivity index is 1.98. The highest BCUT2D eigenvalue weighted by Gasteiger charge is 2.35. The molecule has 8 heteroatoms. The molecule has 7 nitrogen and oxygen atoms in total. The van der Waals surface area contributed by atoms with Gasteiger partial charge in [0.1, 0.15) is 0 Å². The van der Waals surface area contributed by atoms with Crippen LogP contribution in [0.1, 0.15) is 31.8 Å². The Morgan fingerprint density at radius 3 is 2.00 bits per heavy atom. The summed E-state index contributed by atoms with van der Waals surface area (Å²) in [6.45, 7) is 0. The summed E-state index contributed by atoms with van der Waals surface area (Å²) in [5.41, 5.74) is 13.4. The highest BCUT2D eigenvalue weighted by atomic mass is 32.2. The van der Waals surface area contributed by atoms with Crippen LogP contribution in [0.25, 0.3) is 0 Å². The molecule has 0 fully saturated rings. The Morgan fingerprint density at radius 2 is 1.43 bits per heavy atom. The van der Waals surface area contributed by atoms with E-state index in [2.05, 4.69) is 5.32 Å². The molecule has 1 atom stereocenters. The molecule has 4 rings (SSSR count). The third kappa shape index (κ3) is 2.75. The first-order chi connectivity index (χ1) is 13.4. The van der Waals surface area contributed by atoms with Gasteiger partial charge in [-0.2, -0.15) is 0 Å². The van der Waals surface area contributed by atoms with Crippen molar-refractivity contribution in [2.75, 3.05) is 16.8 Å². The number of hydrogen-bond acceptors (Lipinski definition) is 6. The topological polar surface area (TPSA) is 136 Å². The summed E-state index contributed by atoms with van der Waals surface area (Å²) in [4.78, 5) is 26.0. The molecule has 0 aromatic heterocycles. The maximum Gasteiger partial charge on any atom is 0.196 e. The molecule has 0 amide bonds. The van der Waals surface area contributed by atoms with Crippen LogP contribution >= 0.6 is 0 Å². The van der Waals surface area contributed by atoms with Crippen molar-refractivity contribution < 1.29 is 18.4 Å². The second kappa shape index (κ2) is 6.59. The van der Waals surface area contributed by atoms with Crippen molar-refractivity contribution in [2.45, 2.75) is 4.90 Å². The molecule has 0 saturated heterocycles. The van der Waals surface area contributed by atoms with Crippen molar-refractivity contribution in [2.24, 2.45) is 0 Å². The fraction of sp³-hybridized carbons (Fsp3) is 0. The van der Waals surface area contributed by atoms with Crippen LogP contribution in [0.3, 0.4) is 0 Å². The number of hydrogen-bond donors (Lipinski definition) is 4. The molecule has 1 aliphatic rings. The van der Waals surface area contributed by atoms with Gasteiger partial charge in [-0.25, -0.2) is 4.21 Å². The number of carbonyl (C=O) groups excluding carboxylic acids is 2. The van der Waals surface area contributed by atoms with Gasteiger partial charge in [0.05, 0.1) is 27.4 Å². The highest BCUT2D eigenvalue weighted by molar-refractivity contribution is 7.79. The number of rotatable bonds is 3. The molecule has 0 saturated carbocycles. The van der Waals surface area contributed by atoms with Gasteiger partial charge in [-0.1, -0.05) is 24.3 Å². The van der Waals surface area contributed by atoms with E-state index in [1.807, 2.05) is 0 Å². The smallest absolute Gasteiger partial charge is 0.196 e. The Morgan fingerprint density at radius 1 is 0.857 bits per heavy atom. The van der Waals surface area contributed by atoms with E-state index >= 15 is 0 Å². The van der Waals surface area contributed by atoms with Gasteiger partial charge in [0.25, 0.3) is 0 Å². The molecule has 0 aliphatic heterocycles. The average Bonchev–Trinajstić information content (AvgIpc) is 2.68. The summed E-state index contributed by atoms with van der Waals surface area (Å²) in [6.07, 6.45) is 0. The number of anilines is 4. The predicted octanol–water partition coefficient (Wildman–Crippen LogP) is 2.95. The molecule has 28 heavy (non-hydrogen) atoms. The van der Waals surface area contributed by atoms with E-state index in [1.54, 1.807) is 42.5 Å². The van der Waals surface area contributed by atoms with E-state index in [4.69, 9.17) is 11.5 Å². The maximum atomic E-state index is 13.1. The van der Waals surface area contributed by atoms with Crippen LogP contribution in [0, 0.1) is 0 Å². The lowest BCUT2D eigenvalue weighted by atomic mass is 9.82. The first-order valence-corrected chi connectivity index (χ1v) is 9.37. The number of ketones is 2. The quantitative estimate of drug-likeness (QED) is 0.310. The highest BCUT2D eigenvalue weighted by Crippen LogP contribution is 2.39. The molecule has 1 unspecified atom stereocenters. The predicted molar refractivity (Wildman–Crippen MR) is 107 cm³/mol. The van der Waals surface area contributed by atoms with E-state index < -0.39 is 16.9 Å². The van der Waals surface area contributed by atoms with E-state index in [9.17, 15) is 18.4 Å². The fourth-order valence-corrected chi connectivity index (χ4v) is 3.77. The number of nitrogen functional groups attached to an aromatic ring is 2. The Labute approximate surface area is 162 Å². The minimum absolute atomic E-state index is 0.0680. The van der Waals surface area contributed by atoms with Gasteiger partial charge in [-0.05, 0) is 30.3 Å². The molecule has 1 aliphatic carbocycles. The van der Waals surface area contributed by atoms with E-state index in [0.717, 1.165) is 0 Å². The van der Waals surface area contributed by atoms with Crippen LogP contribution in [0.4, 0.5) is 22.7 Å². The summed E-state index contributed by atoms with van der Waals surface area (Å²) in [6, 6.07) is 14.5. The molecule has 3 aromatic rings. The third-order valence-corrected chi connectivity index (χ3v) is 5.29. The lowest BCUT2D eigenvalue weighted by molar-refractivity contribution is 0.0980. The standard InChI is InChI=1S/C20H15N3O4S/c21-10-5-7-11(8-6-10)23-14-9-15(28(26)27)18(22)17-16(14)19(24)12-3-1-2-4-13(12)20(17)25/h1-9,23H,21-22H2,(H,26,27). The second-order valence-corrected chi connectivity index (χ2v) is 7.22. The Hall–Kier alpha value is -3.49. The number of fused-ring (bicyclic) bond motifs is 2. The number of nitrogens with two attached hydrogens (primary N) is 2. The molecule has 6 N–H and O–H groups in total. The van der Waals surface area contributed by atoms with E-state index in [1.165, 1.54) is 12.1 Å². The maximum absolute atomic E-state index is 13.1. The number of benzene rings is 3. The largest absolute Gasteiger partial charge is 0.399 e. The van der Waals surface area contributed by atoms with Crippen molar-refractivity contribution in [3.05, 3.63) is 76.9 Å². The average molecular weight is 393 g/mol. The first-order valence-electron chi connectivity index (χ1n) is 8.27. The van der Waals surface area contributed by atoms with Crippen LogP contribution in [0.5, 0.6) is 0 Å². The summed E-state index contributed by atoms with van der Waals surface area (Å²) >= 11 is -2.44. The van der Waals surface area contributed by atoms with Gasteiger partial charge in [0.2, 0.25) is 0 Å². The zero-order chi connectivity index (χ0) is 20.0. The Bertz CT molecular complexity index is 1170. The van der Waals surface area contributed by atoms with Crippen molar-refractivity contribution in [1.82, 2.24) is 0 Å². The van der Waals surface area contributed by atoms with Crippen LogP contribution in [0.15, 0.2) is 59.5 Å². The number of nitrogens with one attached hydrogen (secondary N) is 1. The molecule has 0 spiro atoms. The van der Waals surface area contributed by atoms with Crippen molar-refractivity contribution >= 4 is 45.4 Å². The van der Waals surface area contributed by atoms with Crippen molar-refractivity contribution in [3.63, 3.8) is 0 Å². The summed E-state index contributed by atoms with van der Waals surface area (Å²) in [5.74, 6) is -0.847. The monoisotopic (exact) mass is 393 g/mol. The second-order valence-electron chi connectivity index (χ2n) is 6.29. The molecule has 140 valence electrons. The number of carbonyl (C=O) groups is 2. The lowest BCUT2D eigenvalue weighted by Gasteiger charge is -2.23. The molecule has 0 bridgehead atoms. The Kier molecular flexibility index (Phi) is 4.21. The molecular formula is C20H15N3O4S. The van der Waals surface area contributed by atoms with Crippen LogP contribution in [0.2, 0.25) is 0 Å². The molecule has 0 heterocycles. The molecular weight excluding hydrogens is 378 g/mol. The first kappa shape index (κ1) is 17.9. The van der Waals surface area contributed by atoms with Crippen molar-refractivity contribution in [1.29, 1.82) is 0 Å². The van der Waals surface area contributed by atoms with Crippen LogP contribution < -0.4 is 16.8 Å². The summed E-state index contributed by atoms with van der Waals surface area (Å²) < 4.78 is 21.4. The zero-order valence-electron chi connectivity index (χ0n) is 14.4. The fourth-order valence-electron chi connectivity index (χ4n) is 3.26. The SMILES string of the molecule is Nc1ccc(Nc2cc(S(=O)O)c(N)c3c2C(=O)c2ccccc2C3=O)cc1. The van der Waals surface area contributed by atoms with Crippen LogP contribution in [-0.4, -0.2) is 20.3 Å². The van der Waals surface area contributed by atoms with Gasteiger partial charge in [0, 0.05) is 22.5 Å². The van der Waals surface area contributed by atoms with E-state index in [-0.39, 0.29) is 44.3 Å². The minimum Gasteiger partial charge on any atom is -0.399 e. The molecule has 0 radical (unpaired) electrons. The third-order valence-electron chi connectivity index (χ3n) is 4.58. The summed E-state index contributed by atoms with van der Waals surface area (Å²) in [5, 5.41) is 3.03. The van der Waals surface area contributed by atoms with Gasteiger partial charge < -0.3 is 21.3 Å². The van der Waals surface area contributed by atoms with Gasteiger partial charge in [0.15, 0.2) is 22.6 Å².